The summed E-state index contributed by atoms with van der Waals surface area (Å²) in [5.41, 5.74) is -0.995. The zero-order chi connectivity index (χ0) is 10.8. The predicted molar refractivity (Wildman–Crippen MR) is 52.4 cm³/mol. The molecule has 2 amide bonds. The minimum absolute atomic E-state index is 0.0949. The summed E-state index contributed by atoms with van der Waals surface area (Å²) in [4.78, 5) is 23.6. The Hall–Kier alpha value is -0.860. The Morgan fingerprint density at radius 2 is 1.29 bits per heavy atom. The molecule has 0 spiro atoms. The average Bonchev–Trinajstić information content (AvgIpc) is 2.21. The lowest BCUT2D eigenvalue weighted by molar-refractivity contribution is -0.158. The highest BCUT2D eigenvalue weighted by atomic mass is 16.2. The molecule has 3 heteroatoms. The van der Waals surface area contributed by atoms with E-state index in [0.717, 1.165) is 12.8 Å². The van der Waals surface area contributed by atoms with E-state index in [-0.39, 0.29) is 28.1 Å². The van der Waals surface area contributed by atoms with E-state index in [1.807, 2.05) is 27.7 Å². The van der Waals surface area contributed by atoms with Gasteiger partial charge in [0.25, 0.3) is 0 Å². The highest BCUT2D eigenvalue weighted by Gasteiger charge is 2.67. The van der Waals surface area contributed by atoms with Crippen molar-refractivity contribution < 1.29 is 9.59 Å². The van der Waals surface area contributed by atoms with Crippen molar-refractivity contribution >= 4 is 11.8 Å². The third-order valence-electron chi connectivity index (χ3n) is 5.11. The molecule has 0 radical (unpaired) electrons. The second kappa shape index (κ2) is 2.20. The first-order valence-electron chi connectivity index (χ1n) is 5.12. The molecule has 2 bridgehead atoms. The zero-order valence-electron chi connectivity index (χ0n) is 9.23. The Kier molecular flexibility index (Phi) is 1.53. The molecule has 0 aromatic heterocycles. The first-order valence-corrected chi connectivity index (χ1v) is 5.12. The number of hydrogen-bond donors (Lipinski definition) is 1. The van der Waals surface area contributed by atoms with Crippen LogP contribution in [0.25, 0.3) is 0 Å². The Morgan fingerprint density at radius 3 is 1.64 bits per heavy atom. The van der Waals surface area contributed by atoms with Crippen LogP contribution in [0.1, 0.15) is 40.5 Å². The Balaban J connectivity index is 2.61. The van der Waals surface area contributed by atoms with Crippen LogP contribution in [-0.4, -0.2) is 11.8 Å². The summed E-state index contributed by atoms with van der Waals surface area (Å²) in [6.07, 6.45) is 1.63. The van der Waals surface area contributed by atoms with E-state index in [1.54, 1.807) is 0 Å². The summed E-state index contributed by atoms with van der Waals surface area (Å²) >= 11 is 0. The van der Waals surface area contributed by atoms with Gasteiger partial charge in [0, 0.05) is 0 Å². The van der Waals surface area contributed by atoms with Crippen molar-refractivity contribution in [3.63, 3.8) is 0 Å². The molecule has 14 heavy (non-hydrogen) atoms. The molecule has 1 heterocycles. The van der Waals surface area contributed by atoms with Crippen LogP contribution in [0.4, 0.5) is 0 Å². The van der Waals surface area contributed by atoms with Crippen molar-refractivity contribution in [2.24, 2.45) is 16.2 Å². The lowest BCUT2D eigenvalue weighted by Crippen LogP contribution is -2.61. The highest BCUT2D eigenvalue weighted by Crippen LogP contribution is 2.64. The second-order valence-electron chi connectivity index (χ2n) is 5.57. The van der Waals surface area contributed by atoms with Crippen LogP contribution in [0.15, 0.2) is 0 Å². The first kappa shape index (κ1) is 9.69. The van der Waals surface area contributed by atoms with Crippen LogP contribution in [0.3, 0.4) is 0 Å². The van der Waals surface area contributed by atoms with Gasteiger partial charge in [0.2, 0.25) is 11.8 Å². The maximum absolute atomic E-state index is 11.8. The Labute approximate surface area is 84.2 Å². The van der Waals surface area contributed by atoms with Crippen LogP contribution in [0.5, 0.6) is 0 Å². The molecule has 2 rings (SSSR count). The highest BCUT2D eigenvalue weighted by molar-refractivity contribution is 6.05. The Bertz CT molecular complexity index is 304. The molecule has 2 fully saturated rings. The van der Waals surface area contributed by atoms with Gasteiger partial charge in [0.15, 0.2) is 0 Å². The van der Waals surface area contributed by atoms with E-state index < -0.39 is 0 Å². The summed E-state index contributed by atoms with van der Waals surface area (Å²) in [6, 6.07) is 0. The molecular formula is C11H17NO2. The molecule has 1 saturated heterocycles. The Morgan fingerprint density at radius 1 is 0.929 bits per heavy atom. The van der Waals surface area contributed by atoms with Crippen molar-refractivity contribution in [2.45, 2.75) is 40.5 Å². The number of piperidine rings is 1. The maximum Gasteiger partial charge on any atom is 0.233 e. The quantitative estimate of drug-likeness (QED) is 0.595. The molecule has 2 aliphatic rings. The summed E-state index contributed by atoms with van der Waals surface area (Å²) in [6.45, 7) is 8.02. The van der Waals surface area contributed by atoms with Crippen molar-refractivity contribution in [2.75, 3.05) is 0 Å². The van der Waals surface area contributed by atoms with E-state index in [2.05, 4.69) is 5.32 Å². The van der Waals surface area contributed by atoms with Gasteiger partial charge >= 0.3 is 0 Å². The molecule has 0 aromatic carbocycles. The molecular weight excluding hydrogens is 178 g/mol. The monoisotopic (exact) mass is 195 g/mol. The van der Waals surface area contributed by atoms with Crippen LogP contribution in [-0.2, 0) is 9.59 Å². The molecule has 3 nitrogen and oxygen atoms in total. The van der Waals surface area contributed by atoms with E-state index >= 15 is 0 Å². The fraction of sp³-hybridized carbons (Fsp3) is 0.818. The third-order valence-corrected chi connectivity index (χ3v) is 5.11. The fourth-order valence-electron chi connectivity index (χ4n) is 2.91. The van der Waals surface area contributed by atoms with Crippen LogP contribution in [0.2, 0.25) is 0 Å². The predicted octanol–water partition coefficient (Wildman–Crippen LogP) is 1.48. The largest absolute Gasteiger partial charge is 0.295 e. The van der Waals surface area contributed by atoms with Crippen LogP contribution >= 0.6 is 0 Å². The molecule has 1 saturated carbocycles. The molecule has 0 aromatic rings. The molecule has 1 N–H and O–H groups in total. The number of hydrogen-bond acceptors (Lipinski definition) is 2. The van der Waals surface area contributed by atoms with Crippen molar-refractivity contribution in [3.05, 3.63) is 0 Å². The molecule has 1 aliphatic heterocycles. The van der Waals surface area contributed by atoms with E-state index in [4.69, 9.17) is 0 Å². The smallest absolute Gasteiger partial charge is 0.233 e. The fourth-order valence-corrected chi connectivity index (χ4v) is 2.91. The van der Waals surface area contributed by atoms with Gasteiger partial charge < -0.3 is 0 Å². The van der Waals surface area contributed by atoms with Crippen molar-refractivity contribution in [3.8, 4) is 0 Å². The first-order chi connectivity index (χ1) is 6.26. The van der Waals surface area contributed by atoms with Gasteiger partial charge in [0.05, 0.1) is 10.8 Å². The summed E-state index contributed by atoms with van der Waals surface area (Å²) in [5.74, 6) is -0.190. The minimum Gasteiger partial charge on any atom is -0.295 e. The van der Waals surface area contributed by atoms with Crippen LogP contribution < -0.4 is 5.32 Å². The molecule has 78 valence electrons. The third kappa shape index (κ3) is 0.711. The van der Waals surface area contributed by atoms with Gasteiger partial charge in [-0.1, -0.05) is 27.7 Å². The number of nitrogens with one attached hydrogen (secondary N) is 1. The topological polar surface area (TPSA) is 46.2 Å². The number of rotatable bonds is 0. The zero-order valence-corrected chi connectivity index (χ0v) is 9.23. The summed E-state index contributed by atoms with van der Waals surface area (Å²) < 4.78 is 0. The number of carbonyl (C=O) groups is 2. The van der Waals surface area contributed by atoms with Gasteiger partial charge in [-0.15, -0.1) is 0 Å². The van der Waals surface area contributed by atoms with Gasteiger partial charge in [-0.25, -0.2) is 0 Å². The minimum atomic E-state index is -0.379. The summed E-state index contributed by atoms with van der Waals surface area (Å²) in [7, 11) is 0. The van der Waals surface area contributed by atoms with Crippen molar-refractivity contribution in [1.29, 1.82) is 0 Å². The molecule has 1 aliphatic carbocycles. The van der Waals surface area contributed by atoms with Crippen LogP contribution in [0, 0.1) is 16.2 Å². The summed E-state index contributed by atoms with van der Waals surface area (Å²) in [5, 5.41) is 2.50. The lowest BCUT2D eigenvalue weighted by atomic mass is 9.57. The van der Waals surface area contributed by atoms with Gasteiger partial charge in [0.1, 0.15) is 0 Å². The number of fused-ring (bicyclic) bond motifs is 2. The maximum atomic E-state index is 11.8. The number of imide groups is 1. The van der Waals surface area contributed by atoms with Crippen molar-refractivity contribution in [1.82, 2.24) is 5.32 Å². The number of amides is 2. The second-order valence-corrected chi connectivity index (χ2v) is 5.57. The van der Waals surface area contributed by atoms with E-state index in [9.17, 15) is 9.59 Å². The van der Waals surface area contributed by atoms with E-state index in [0.29, 0.717) is 0 Å². The normalized spacial score (nSPS) is 45.1. The average molecular weight is 195 g/mol. The lowest BCUT2D eigenvalue weighted by Gasteiger charge is -2.49. The van der Waals surface area contributed by atoms with E-state index in [1.165, 1.54) is 0 Å². The van der Waals surface area contributed by atoms with Gasteiger partial charge in [-0.2, -0.15) is 0 Å². The van der Waals surface area contributed by atoms with Gasteiger partial charge in [-0.05, 0) is 18.3 Å². The van der Waals surface area contributed by atoms with Gasteiger partial charge in [-0.3, -0.25) is 14.9 Å². The standard InChI is InChI=1S/C11H17NO2/c1-9(2)10(3)5-6-11(9,4)8(14)12-7(10)13/h5-6H2,1-4H3,(H,12,13,14). The SMILES string of the molecule is CC12CCC(C)(C(=O)NC1=O)C2(C)C. The molecule has 2 unspecified atom stereocenters. The number of carbonyl (C=O) groups excluding carboxylic acids is 2. The molecule has 2 atom stereocenters.